The second-order valence-electron chi connectivity index (χ2n) is 6.56. The Balaban J connectivity index is 1.73. The maximum atomic E-state index is 12.8. The van der Waals surface area contributed by atoms with Crippen LogP contribution in [-0.2, 0) is 12.8 Å². The summed E-state index contributed by atoms with van der Waals surface area (Å²) in [4.78, 5) is 4.14. The molecule has 3 aromatic rings. The van der Waals surface area contributed by atoms with Crippen molar-refractivity contribution in [1.29, 1.82) is 0 Å². The number of benzene rings is 1. The van der Waals surface area contributed by atoms with Gasteiger partial charge in [-0.3, -0.25) is 0 Å². The molecule has 10 heteroatoms. The van der Waals surface area contributed by atoms with E-state index in [1.165, 1.54) is 23.1 Å². The maximum Gasteiger partial charge on any atom is 0.416 e. The molecule has 152 valence electrons. The fourth-order valence-electron chi connectivity index (χ4n) is 3.25. The Kier molecular flexibility index (Phi) is 4.67. The molecule has 29 heavy (non-hydrogen) atoms. The normalized spacial score (nSPS) is 17.4. The van der Waals surface area contributed by atoms with E-state index >= 15 is 0 Å². The van der Waals surface area contributed by atoms with Crippen LogP contribution in [0.3, 0.4) is 0 Å². The van der Waals surface area contributed by atoms with Crippen molar-refractivity contribution < 1.29 is 27.8 Å². The van der Waals surface area contributed by atoms with Crippen LogP contribution >= 0.6 is 0 Å². The number of alkyl halides is 3. The van der Waals surface area contributed by atoms with Gasteiger partial charge in [0.1, 0.15) is 5.82 Å². The van der Waals surface area contributed by atoms with Crippen LogP contribution in [0.25, 0.3) is 0 Å². The zero-order valence-electron chi connectivity index (χ0n) is 15.2. The van der Waals surface area contributed by atoms with Crippen LogP contribution in [0, 0.1) is 0 Å². The number of hydrogen-bond acceptors (Lipinski definition) is 6. The van der Waals surface area contributed by atoms with Gasteiger partial charge in [-0.25, -0.2) is 9.67 Å². The molecule has 3 heterocycles. The van der Waals surface area contributed by atoms with Crippen LogP contribution in [0.5, 0.6) is 0 Å². The minimum Gasteiger partial charge on any atom is -0.461 e. The average molecular weight is 406 g/mol. The number of nitrogens with zero attached hydrogens (tertiary/aromatic N) is 3. The summed E-state index contributed by atoms with van der Waals surface area (Å²) in [5.41, 5.74) is 0.362. The zero-order chi connectivity index (χ0) is 20.8. The highest BCUT2D eigenvalue weighted by Crippen LogP contribution is 2.36. The molecule has 2 aromatic heterocycles. The SMILES string of the molecule is CC(c1ccc(C(F)(F)F)cc1)n1nc(CO)c2c1NC(c1ccco1)=NC2O. The summed E-state index contributed by atoms with van der Waals surface area (Å²) in [6, 6.07) is 7.61. The Bertz CT molecular complexity index is 1040. The molecule has 0 amide bonds. The lowest BCUT2D eigenvalue weighted by atomic mass is 10.1. The Labute approximate surface area is 163 Å². The van der Waals surface area contributed by atoms with E-state index in [4.69, 9.17) is 4.42 Å². The van der Waals surface area contributed by atoms with E-state index < -0.39 is 30.6 Å². The van der Waals surface area contributed by atoms with Gasteiger partial charge >= 0.3 is 6.18 Å². The van der Waals surface area contributed by atoms with Gasteiger partial charge in [-0.1, -0.05) is 12.1 Å². The molecule has 0 aliphatic carbocycles. The van der Waals surface area contributed by atoms with Crippen LogP contribution in [0.4, 0.5) is 19.0 Å². The molecule has 0 saturated carbocycles. The first kappa shape index (κ1) is 19.2. The van der Waals surface area contributed by atoms with Gasteiger partial charge in [0.05, 0.1) is 35.7 Å². The minimum absolute atomic E-state index is 0.223. The van der Waals surface area contributed by atoms with Gasteiger partial charge in [-0.05, 0) is 36.8 Å². The van der Waals surface area contributed by atoms with Gasteiger partial charge in [0.15, 0.2) is 17.8 Å². The highest BCUT2D eigenvalue weighted by atomic mass is 19.4. The fourth-order valence-corrected chi connectivity index (χ4v) is 3.25. The molecule has 4 rings (SSSR count). The van der Waals surface area contributed by atoms with E-state index in [1.54, 1.807) is 19.1 Å². The number of amidine groups is 1. The van der Waals surface area contributed by atoms with Gasteiger partial charge in [0, 0.05) is 0 Å². The van der Waals surface area contributed by atoms with Crippen molar-refractivity contribution >= 4 is 11.7 Å². The van der Waals surface area contributed by atoms with Crippen LogP contribution in [0.1, 0.15) is 47.3 Å². The quantitative estimate of drug-likeness (QED) is 0.617. The standard InChI is InChI=1S/C19H17F3N4O3/c1-10(11-4-6-12(7-5-11)19(20,21)22)26-17-15(13(9-27)25-26)18(28)24-16(23-17)14-3-2-8-29-14/h2-8,10,18,27-28H,9H2,1H3,(H,23,24). The molecule has 1 aliphatic rings. The first-order chi connectivity index (χ1) is 13.8. The zero-order valence-corrected chi connectivity index (χ0v) is 15.2. The van der Waals surface area contributed by atoms with Crippen LogP contribution in [0.15, 0.2) is 52.1 Å². The predicted molar refractivity (Wildman–Crippen MR) is 97.2 cm³/mol. The number of anilines is 1. The van der Waals surface area contributed by atoms with Crippen molar-refractivity contribution in [3.63, 3.8) is 0 Å². The summed E-state index contributed by atoms with van der Waals surface area (Å²) in [6.45, 7) is 1.32. The van der Waals surface area contributed by atoms with E-state index in [0.717, 1.165) is 12.1 Å². The number of aliphatic hydroxyl groups is 2. The minimum atomic E-state index is -4.42. The van der Waals surface area contributed by atoms with Gasteiger partial charge in [-0.2, -0.15) is 18.3 Å². The van der Waals surface area contributed by atoms with Crippen molar-refractivity contribution in [3.8, 4) is 0 Å². The lowest BCUT2D eigenvalue weighted by Gasteiger charge is -2.22. The molecular weight excluding hydrogens is 389 g/mol. The first-order valence-corrected chi connectivity index (χ1v) is 8.75. The monoisotopic (exact) mass is 406 g/mol. The molecule has 2 atom stereocenters. The number of fused-ring (bicyclic) bond motifs is 1. The molecule has 7 nitrogen and oxygen atoms in total. The predicted octanol–water partition coefficient (Wildman–Crippen LogP) is 3.46. The summed E-state index contributed by atoms with van der Waals surface area (Å²) in [7, 11) is 0. The Morgan fingerprint density at radius 3 is 2.55 bits per heavy atom. The second kappa shape index (κ2) is 7.05. The van der Waals surface area contributed by atoms with Crippen LogP contribution in [-0.4, -0.2) is 25.8 Å². The number of aromatic nitrogens is 2. The third-order valence-corrected chi connectivity index (χ3v) is 4.76. The molecule has 0 spiro atoms. The number of furan rings is 1. The Morgan fingerprint density at radius 1 is 1.24 bits per heavy atom. The van der Waals surface area contributed by atoms with E-state index in [9.17, 15) is 23.4 Å². The third-order valence-electron chi connectivity index (χ3n) is 4.76. The number of rotatable bonds is 4. The summed E-state index contributed by atoms with van der Waals surface area (Å²) in [6.07, 6.45) is -4.23. The number of aliphatic hydroxyl groups excluding tert-OH is 2. The average Bonchev–Trinajstić information content (AvgIpc) is 3.35. The Hall–Kier alpha value is -3.11. The molecule has 1 aliphatic heterocycles. The van der Waals surface area contributed by atoms with Gasteiger partial charge in [0.25, 0.3) is 0 Å². The summed E-state index contributed by atoms with van der Waals surface area (Å²) >= 11 is 0. The highest BCUT2D eigenvalue weighted by Gasteiger charge is 2.32. The molecule has 2 unspecified atom stereocenters. The second-order valence-corrected chi connectivity index (χ2v) is 6.56. The van der Waals surface area contributed by atoms with E-state index in [1.807, 2.05) is 0 Å². The van der Waals surface area contributed by atoms with Crippen LogP contribution in [0.2, 0.25) is 0 Å². The molecule has 0 bridgehead atoms. The van der Waals surface area contributed by atoms with Gasteiger partial charge in [0.2, 0.25) is 0 Å². The topological polar surface area (TPSA) is 95.8 Å². The van der Waals surface area contributed by atoms with Crippen molar-refractivity contribution in [2.45, 2.75) is 32.0 Å². The molecule has 0 saturated heterocycles. The van der Waals surface area contributed by atoms with E-state index in [0.29, 0.717) is 22.7 Å². The van der Waals surface area contributed by atoms with Crippen LogP contribution < -0.4 is 5.32 Å². The fraction of sp³-hybridized carbons (Fsp3) is 0.263. The smallest absolute Gasteiger partial charge is 0.416 e. The first-order valence-electron chi connectivity index (χ1n) is 8.75. The van der Waals surface area contributed by atoms with E-state index in [2.05, 4.69) is 15.4 Å². The molecular formula is C19H17F3N4O3. The van der Waals surface area contributed by atoms with Gasteiger partial charge < -0.3 is 19.9 Å². The van der Waals surface area contributed by atoms with Crippen molar-refractivity contribution in [3.05, 3.63) is 70.8 Å². The number of nitrogens with one attached hydrogen (secondary N) is 1. The van der Waals surface area contributed by atoms with Crippen molar-refractivity contribution in [1.82, 2.24) is 9.78 Å². The number of aliphatic imine (C=N–C) groups is 1. The third kappa shape index (κ3) is 3.40. The summed E-state index contributed by atoms with van der Waals surface area (Å²) < 4.78 is 45.3. The summed E-state index contributed by atoms with van der Waals surface area (Å²) in [5.74, 6) is 1.06. The molecule has 0 radical (unpaired) electrons. The van der Waals surface area contributed by atoms with Gasteiger partial charge in [-0.15, -0.1) is 0 Å². The van der Waals surface area contributed by atoms with E-state index in [-0.39, 0.29) is 11.5 Å². The number of hydrogen-bond donors (Lipinski definition) is 3. The Morgan fingerprint density at radius 2 is 1.97 bits per heavy atom. The maximum absolute atomic E-state index is 12.8. The number of halogens is 3. The highest BCUT2D eigenvalue weighted by molar-refractivity contribution is 6.07. The molecule has 3 N–H and O–H groups in total. The van der Waals surface area contributed by atoms with Crippen molar-refractivity contribution in [2.24, 2.45) is 4.99 Å². The molecule has 0 fully saturated rings. The summed E-state index contributed by atoms with van der Waals surface area (Å²) in [5, 5.41) is 27.5. The molecule has 1 aromatic carbocycles. The lowest BCUT2D eigenvalue weighted by molar-refractivity contribution is -0.137. The van der Waals surface area contributed by atoms with Crippen molar-refractivity contribution in [2.75, 3.05) is 5.32 Å². The lowest BCUT2D eigenvalue weighted by Crippen LogP contribution is -2.24. The largest absolute Gasteiger partial charge is 0.461 e.